The van der Waals surface area contributed by atoms with Gasteiger partial charge in [0.1, 0.15) is 0 Å². The van der Waals surface area contributed by atoms with Crippen LogP contribution in [0.25, 0.3) is 11.5 Å². The molecular formula is C12H28N2O2Pt. The second-order valence-electron chi connectivity index (χ2n) is 4.67. The molecule has 2 aliphatic carbocycles. The van der Waals surface area contributed by atoms with Crippen molar-refractivity contribution in [1.29, 1.82) is 0 Å². The summed E-state index contributed by atoms with van der Waals surface area (Å²) in [5.41, 5.74) is 14.5. The molecule has 2 rings (SSSR count). The van der Waals surface area contributed by atoms with E-state index < -0.39 is 0 Å². The molecule has 0 radical (unpaired) electrons. The maximum absolute atomic E-state index is 7.27. The van der Waals surface area contributed by atoms with Gasteiger partial charge < -0.3 is 22.4 Å². The molecule has 2 saturated carbocycles. The Labute approximate surface area is 120 Å². The van der Waals surface area contributed by atoms with Gasteiger partial charge in [-0.2, -0.15) is 0 Å². The Morgan fingerprint density at radius 2 is 0.765 bits per heavy atom. The van der Waals surface area contributed by atoms with Gasteiger partial charge in [0.05, 0.1) is 0 Å². The Morgan fingerprint density at radius 3 is 0.882 bits per heavy atom. The van der Waals surface area contributed by atoms with Crippen LogP contribution < -0.4 is 0 Å². The van der Waals surface area contributed by atoms with Crippen molar-refractivity contribution in [2.75, 3.05) is 0 Å². The summed E-state index contributed by atoms with van der Waals surface area (Å²) >= 11 is 0. The largest absolute Gasteiger partial charge is 2.00 e. The molecule has 0 aromatic carbocycles. The predicted molar refractivity (Wildman–Crippen MR) is 69.6 cm³/mol. The van der Waals surface area contributed by atoms with Crippen molar-refractivity contribution in [2.24, 2.45) is 0 Å². The molecular weight excluding hydrogens is 399 g/mol. The summed E-state index contributed by atoms with van der Waals surface area (Å²) in [4.78, 5) is 0. The minimum absolute atomic E-state index is 0. The summed E-state index contributed by atoms with van der Waals surface area (Å²) < 4.78 is 0. The van der Waals surface area contributed by atoms with Crippen LogP contribution in [-0.2, 0) is 21.1 Å². The van der Waals surface area contributed by atoms with Crippen LogP contribution in [0.5, 0.6) is 0 Å². The fourth-order valence-electron chi connectivity index (χ4n) is 2.21. The van der Waals surface area contributed by atoms with Gasteiger partial charge in [-0.25, -0.2) is 0 Å². The van der Waals surface area contributed by atoms with Crippen molar-refractivity contribution >= 4 is 0 Å². The van der Waals surface area contributed by atoms with Crippen molar-refractivity contribution in [3.8, 4) is 0 Å². The SMILES string of the molecule is O.O.[NH-]C1CCCCC1.[NH-]C1CCCCC1.[Pt+2]. The van der Waals surface area contributed by atoms with Gasteiger partial charge in [0.15, 0.2) is 0 Å². The standard InChI is InChI=1S/2C6H12N.2H2O.Pt/c2*7-6-4-2-1-3-5-6;;;/h2*6-7H,1-5H2;2*1H2;/q2*-1;;;+2. The van der Waals surface area contributed by atoms with E-state index in [4.69, 9.17) is 11.5 Å². The molecule has 0 bridgehead atoms. The summed E-state index contributed by atoms with van der Waals surface area (Å²) in [6.07, 6.45) is 12.6. The van der Waals surface area contributed by atoms with Crippen LogP contribution in [0.4, 0.5) is 0 Å². The molecule has 0 unspecified atom stereocenters. The van der Waals surface area contributed by atoms with Gasteiger partial charge in [-0.1, -0.05) is 64.2 Å². The summed E-state index contributed by atoms with van der Waals surface area (Å²) in [5.74, 6) is 0. The zero-order valence-electron chi connectivity index (χ0n) is 10.5. The molecule has 2 aliphatic rings. The Bertz CT molecular complexity index is 122. The molecule has 0 heterocycles. The maximum atomic E-state index is 7.27. The first-order valence-corrected chi connectivity index (χ1v) is 6.21. The van der Waals surface area contributed by atoms with E-state index in [0.717, 1.165) is 25.7 Å². The van der Waals surface area contributed by atoms with E-state index >= 15 is 0 Å². The van der Waals surface area contributed by atoms with Crippen molar-refractivity contribution < 1.29 is 32.0 Å². The second kappa shape index (κ2) is 14.6. The number of nitrogens with one attached hydrogen (secondary N) is 2. The molecule has 0 aliphatic heterocycles. The first kappa shape index (κ1) is 22.7. The average Bonchev–Trinajstić information content (AvgIpc) is 2.21. The molecule has 0 amide bonds. The quantitative estimate of drug-likeness (QED) is 0.566. The maximum Gasteiger partial charge on any atom is 2.00 e. The van der Waals surface area contributed by atoms with Crippen LogP contribution in [0.3, 0.4) is 0 Å². The van der Waals surface area contributed by atoms with Crippen molar-refractivity contribution in [3.63, 3.8) is 0 Å². The third-order valence-corrected chi connectivity index (χ3v) is 3.21. The van der Waals surface area contributed by atoms with E-state index in [-0.39, 0.29) is 44.1 Å². The van der Waals surface area contributed by atoms with Gasteiger partial charge in [-0.05, 0) is 0 Å². The molecule has 108 valence electrons. The van der Waals surface area contributed by atoms with Gasteiger partial charge >= 0.3 is 21.1 Å². The minimum atomic E-state index is 0. The van der Waals surface area contributed by atoms with E-state index in [1.807, 2.05) is 0 Å². The Kier molecular flexibility index (Phi) is 19.5. The molecule has 0 saturated heterocycles. The Morgan fingerprint density at radius 1 is 0.529 bits per heavy atom. The van der Waals surface area contributed by atoms with Crippen LogP contribution in [-0.4, -0.2) is 23.0 Å². The first-order valence-electron chi connectivity index (χ1n) is 6.21. The van der Waals surface area contributed by atoms with Crippen LogP contribution in [0, 0.1) is 0 Å². The third-order valence-electron chi connectivity index (χ3n) is 3.21. The summed E-state index contributed by atoms with van der Waals surface area (Å²) in [7, 11) is 0. The summed E-state index contributed by atoms with van der Waals surface area (Å²) in [6, 6.07) is 0.572. The summed E-state index contributed by atoms with van der Waals surface area (Å²) in [6.45, 7) is 0. The molecule has 0 aromatic heterocycles. The van der Waals surface area contributed by atoms with E-state index in [9.17, 15) is 0 Å². The third kappa shape index (κ3) is 12.8. The van der Waals surface area contributed by atoms with Gasteiger partial charge in [0.25, 0.3) is 0 Å². The Balaban J connectivity index is -0.000000196. The normalized spacial score (nSPS) is 20.8. The van der Waals surface area contributed by atoms with Gasteiger partial charge in [-0.15, -0.1) is 12.1 Å². The van der Waals surface area contributed by atoms with E-state index in [2.05, 4.69) is 0 Å². The second-order valence-corrected chi connectivity index (χ2v) is 4.67. The fraction of sp³-hybridized carbons (Fsp3) is 1.00. The molecule has 2 fully saturated rings. The molecule has 0 spiro atoms. The Hall–Kier alpha value is 0.528. The minimum Gasteiger partial charge on any atom is -0.675 e. The predicted octanol–water partition coefficient (Wildman–Crippen LogP) is 3.09. The smallest absolute Gasteiger partial charge is 0.675 e. The molecule has 5 heteroatoms. The fourth-order valence-corrected chi connectivity index (χ4v) is 2.21. The van der Waals surface area contributed by atoms with Crippen LogP contribution in [0.2, 0.25) is 0 Å². The van der Waals surface area contributed by atoms with Crippen molar-refractivity contribution in [2.45, 2.75) is 76.3 Å². The van der Waals surface area contributed by atoms with Crippen LogP contribution >= 0.6 is 0 Å². The van der Waals surface area contributed by atoms with Gasteiger partial charge in [0.2, 0.25) is 0 Å². The molecule has 0 aromatic rings. The zero-order chi connectivity index (χ0) is 10.2. The molecule has 4 nitrogen and oxygen atoms in total. The zero-order valence-corrected chi connectivity index (χ0v) is 12.8. The van der Waals surface area contributed by atoms with E-state index in [1.54, 1.807) is 0 Å². The van der Waals surface area contributed by atoms with E-state index in [1.165, 1.54) is 38.5 Å². The van der Waals surface area contributed by atoms with E-state index in [0.29, 0.717) is 0 Å². The van der Waals surface area contributed by atoms with Crippen molar-refractivity contribution in [3.05, 3.63) is 11.5 Å². The molecule has 0 atom stereocenters. The average molecular weight is 427 g/mol. The molecule has 6 N–H and O–H groups in total. The van der Waals surface area contributed by atoms with Crippen LogP contribution in [0.1, 0.15) is 64.2 Å². The number of hydrogen-bond donors (Lipinski definition) is 0. The van der Waals surface area contributed by atoms with Gasteiger partial charge in [0, 0.05) is 0 Å². The monoisotopic (exact) mass is 427 g/mol. The van der Waals surface area contributed by atoms with Crippen LogP contribution in [0.15, 0.2) is 0 Å². The molecule has 17 heavy (non-hydrogen) atoms. The van der Waals surface area contributed by atoms with Crippen molar-refractivity contribution in [1.82, 2.24) is 0 Å². The van der Waals surface area contributed by atoms with Gasteiger partial charge in [-0.3, -0.25) is 0 Å². The number of hydrogen-bond acceptors (Lipinski definition) is 0. The topological polar surface area (TPSA) is 111 Å². The first-order chi connectivity index (χ1) is 6.79. The number of rotatable bonds is 0. The summed E-state index contributed by atoms with van der Waals surface area (Å²) in [5, 5.41) is 0.